The summed E-state index contributed by atoms with van der Waals surface area (Å²) in [6, 6.07) is 7.72. The van der Waals surface area contributed by atoms with E-state index >= 15 is 0 Å². The summed E-state index contributed by atoms with van der Waals surface area (Å²) >= 11 is 5.98. The summed E-state index contributed by atoms with van der Waals surface area (Å²) in [5, 5.41) is 1.77. The molecule has 1 aromatic carbocycles. The van der Waals surface area contributed by atoms with E-state index in [2.05, 4.69) is 21.9 Å². The molecular formula is C15H16ClN3. The number of nitrogens with one attached hydrogen (secondary N) is 2. The Morgan fingerprint density at radius 3 is 2.89 bits per heavy atom. The third kappa shape index (κ3) is 2.82. The lowest BCUT2D eigenvalue weighted by molar-refractivity contribution is 0.665. The van der Waals surface area contributed by atoms with Crippen molar-refractivity contribution in [2.24, 2.45) is 0 Å². The van der Waals surface area contributed by atoms with Gasteiger partial charge >= 0.3 is 0 Å². The quantitative estimate of drug-likeness (QED) is 0.821. The number of pyridine rings is 1. The molecule has 1 aliphatic rings. The van der Waals surface area contributed by atoms with Gasteiger partial charge in [-0.15, -0.1) is 0 Å². The molecule has 3 nitrogen and oxygen atoms in total. The van der Waals surface area contributed by atoms with Gasteiger partial charge in [-0.25, -0.2) is 0 Å². The fraction of sp³-hybridized carbons (Fsp3) is 0.267. The van der Waals surface area contributed by atoms with E-state index in [4.69, 9.17) is 11.6 Å². The maximum absolute atomic E-state index is 5.98. The third-order valence-corrected chi connectivity index (χ3v) is 3.59. The Bertz CT molecular complexity index is 622. The predicted molar refractivity (Wildman–Crippen MR) is 80.1 cm³/mol. The largest absolute Gasteiger partial charge is 0.305 e. The van der Waals surface area contributed by atoms with E-state index in [9.17, 15) is 0 Å². The van der Waals surface area contributed by atoms with E-state index in [1.165, 1.54) is 18.5 Å². The maximum Gasteiger partial charge on any atom is 0.0738 e. The molecule has 0 aliphatic heterocycles. The van der Waals surface area contributed by atoms with Gasteiger partial charge < -0.3 is 10.9 Å². The first kappa shape index (κ1) is 12.3. The number of anilines is 1. The van der Waals surface area contributed by atoms with Gasteiger partial charge in [-0.3, -0.25) is 4.98 Å². The van der Waals surface area contributed by atoms with Crippen LogP contribution in [0.5, 0.6) is 0 Å². The van der Waals surface area contributed by atoms with E-state index < -0.39 is 0 Å². The lowest BCUT2D eigenvalue weighted by Gasteiger charge is -2.17. The summed E-state index contributed by atoms with van der Waals surface area (Å²) in [5.41, 5.74) is 9.76. The lowest BCUT2D eigenvalue weighted by Crippen LogP contribution is -2.22. The average molecular weight is 274 g/mol. The van der Waals surface area contributed by atoms with Crippen LogP contribution in [0.1, 0.15) is 25.7 Å². The zero-order valence-electron chi connectivity index (χ0n) is 10.6. The molecule has 0 fully saturated rings. The number of allylic oxidation sites excluding steroid dienone is 2. The second-order valence-corrected chi connectivity index (χ2v) is 5.18. The van der Waals surface area contributed by atoms with Crippen molar-refractivity contribution in [3.63, 3.8) is 0 Å². The van der Waals surface area contributed by atoms with Crippen molar-refractivity contribution >= 4 is 28.2 Å². The van der Waals surface area contributed by atoms with Gasteiger partial charge in [-0.05, 0) is 49.9 Å². The standard InChI is InChI=1S/C15H16ClN3/c16-11-6-7-13-14(8-9-17-15(13)10-11)19-18-12-4-2-1-3-5-12/h4,6-10,18H,1-3,5H2,(H,17,19). The van der Waals surface area contributed by atoms with Gasteiger partial charge in [0.1, 0.15) is 0 Å². The summed E-state index contributed by atoms with van der Waals surface area (Å²) in [6.45, 7) is 0. The highest BCUT2D eigenvalue weighted by Gasteiger charge is 2.05. The van der Waals surface area contributed by atoms with Gasteiger partial charge in [0.05, 0.1) is 11.2 Å². The number of fused-ring (bicyclic) bond motifs is 1. The first-order chi connectivity index (χ1) is 9.33. The highest BCUT2D eigenvalue weighted by molar-refractivity contribution is 6.31. The fourth-order valence-corrected chi connectivity index (χ4v) is 2.50. The van der Waals surface area contributed by atoms with Crippen LogP contribution in [0.15, 0.2) is 42.2 Å². The average Bonchev–Trinajstić information content (AvgIpc) is 2.45. The van der Waals surface area contributed by atoms with Crippen LogP contribution in [0.2, 0.25) is 5.02 Å². The van der Waals surface area contributed by atoms with Gasteiger partial charge in [-0.1, -0.05) is 17.7 Å². The van der Waals surface area contributed by atoms with Gasteiger partial charge in [-0.2, -0.15) is 0 Å². The number of hydrazine groups is 1. The van der Waals surface area contributed by atoms with E-state index in [-0.39, 0.29) is 0 Å². The van der Waals surface area contributed by atoms with Crippen LogP contribution in [0.4, 0.5) is 5.69 Å². The molecule has 98 valence electrons. The topological polar surface area (TPSA) is 37.0 Å². The lowest BCUT2D eigenvalue weighted by atomic mass is 10.1. The Kier molecular flexibility index (Phi) is 3.56. The van der Waals surface area contributed by atoms with Crippen LogP contribution in [-0.4, -0.2) is 4.98 Å². The fourth-order valence-electron chi connectivity index (χ4n) is 2.33. The highest BCUT2D eigenvalue weighted by Crippen LogP contribution is 2.24. The van der Waals surface area contributed by atoms with Gasteiger partial charge in [0.2, 0.25) is 0 Å². The molecular weight excluding hydrogens is 258 g/mol. The molecule has 1 aromatic heterocycles. The number of aromatic nitrogens is 1. The molecule has 0 spiro atoms. The molecule has 0 saturated carbocycles. The Morgan fingerprint density at radius 1 is 1.11 bits per heavy atom. The minimum absolute atomic E-state index is 0.708. The first-order valence-electron chi connectivity index (χ1n) is 6.58. The SMILES string of the molecule is Clc1ccc2c(NNC3=CCCCC3)ccnc2c1. The number of rotatable bonds is 3. The van der Waals surface area contributed by atoms with Gasteiger partial charge in [0, 0.05) is 22.3 Å². The van der Waals surface area contributed by atoms with Gasteiger partial charge in [0.15, 0.2) is 0 Å². The Hall–Kier alpha value is -1.74. The van der Waals surface area contributed by atoms with Crippen LogP contribution in [-0.2, 0) is 0 Å². The van der Waals surface area contributed by atoms with Crippen molar-refractivity contribution in [2.75, 3.05) is 5.43 Å². The van der Waals surface area contributed by atoms with Crippen molar-refractivity contribution in [1.29, 1.82) is 0 Å². The second kappa shape index (κ2) is 5.49. The van der Waals surface area contributed by atoms with E-state index in [0.717, 1.165) is 29.4 Å². The van der Waals surface area contributed by atoms with Crippen molar-refractivity contribution in [3.8, 4) is 0 Å². The molecule has 0 bridgehead atoms. The molecule has 19 heavy (non-hydrogen) atoms. The van der Waals surface area contributed by atoms with Crippen molar-refractivity contribution in [2.45, 2.75) is 25.7 Å². The smallest absolute Gasteiger partial charge is 0.0738 e. The maximum atomic E-state index is 5.98. The first-order valence-corrected chi connectivity index (χ1v) is 6.96. The van der Waals surface area contributed by atoms with Gasteiger partial charge in [0.25, 0.3) is 0 Å². The predicted octanol–water partition coefficient (Wildman–Crippen LogP) is 4.26. The molecule has 1 aliphatic carbocycles. The molecule has 4 heteroatoms. The number of benzene rings is 1. The van der Waals surface area contributed by atoms with Crippen molar-refractivity contribution < 1.29 is 0 Å². The second-order valence-electron chi connectivity index (χ2n) is 4.75. The normalized spacial score (nSPS) is 15.1. The van der Waals surface area contributed by atoms with Crippen molar-refractivity contribution in [3.05, 3.63) is 47.3 Å². The Morgan fingerprint density at radius 2 is 2.05 bits per heavy atom. The zero-order chi connectivity index (χ0) is 13.1. The molecule has 0 unspecified atom stereocenters. The molecule has 0 atom stereocenters. The molecule has 2 N–H and O–H groups in total. The number of hydrogen-bond acceptors (Lipinski definition) is 3. The Balaban J connectivity index is 1.82. The zero-order valence-corrected chi connectivity index (χ0v) is 11.4. The molecule has 0 radical (unpaired) electrons. The summed E-state index contributed by atoms with van der Waals surface area (Å²) in [4.78, 5) is 4.33. The molecule has 2 aromatic rings. The number of halogens is 1. The molecule has 0 amide bonds. The summed E-state index contributed by atoms with van der Waals surface area (Å²) in [5.74, 6) is 0. The van der Waals surface area contributed by atoms with Crippen LogP contribution >= 0.6 is 11.6 Å². The van der Waals surface area contributed by atoms with Crippen LogP contribution in [0.3, 0.4) is 0 Å². The van der Waals surface area contributed by atoms with Crippen molar-refractivity contribution in [1.82, 2.24) is 10.4 Å². The van der Waals surface area contributed by atoms with E-state index in [0.29, 0.717) is 5.02 Å². The van der Waals surface area contributed by atoms with Crippen LogP contribution in [0.25, 0.3) is 10.9 Å². The number of hydrogen-bond donors (Lipinski definition) is 2. The van der Waals surface area contributed by atoms with Crippen LogP contribution in [0, 0.1) is 0 Å². The van der Waals surface area contributed by atoms with Crippen LogP contribution < -0.4 is 10.9 Å². The number of nitrogens with zero attached hydrogens (tertiary/aromatic N) is 1. The molecule has 3 rings (SSSR count). The molecule has 1 heterocycles. The minimum atomic E-state index is 0.708. The monoisotopic (exact) mass is 273 g/mol. The van der Waals surface area contributed by atoms with E-state index in [1.807, 2.05) is 24.3 Å². The minimum Gasteiger partial charge on any atom is -0.305 e. The summed E-state index contributed by atoms with van der Waals surface area (Å²) < 4.78 is 0. The van der Waals surface area contributed by atoms with E-state index in [1.54, 1.807) is 6.20 Å². The highest BCUT2D eigenvalue weighted by atomic mass is 35.5. The summed E-state index contributed by atoms with van der Waals surface area (Å²) in [7, 11) is 0. The molecule has 0 saturated heterocycles. The Labute approximate surface area is 117 Å². The summed E-state index contributed by atoms with van der Waals surface area (Å²) in [6.07, 6.45) is 8.88. The third-order valence-electron chi connectivity index (χ3n) is 3.35.